The molecular formula is C18H30N4+2. The Morgan fingerprint density at radius 1 is 1.23 bits per heavy atom. The molecule has 0 saturated carbocycles. The molecule has 0 bridgehead atoms. The maximum atomic E-state index is 9.63. The molecule has 2 rings (SSSR count). The van der Waals surface area contributed by atoms with E-state index in [1.54, 1.807) is 0 Å². The SMILES string of the molecule is CCCc1[nH+]c(NCCC[NH+](C)C)c(C#N)c2c1CCCC2. The number of rotatable bonds is 7. The monoisotopic (exact) mass is 302 g/mol. The minimum Gasteiger partial charge on any atom is -0.340 e. The predicted molar refractivity (Wildman–Crippen MR) is 89.1 cm³/mol. The summed E-state index contributed by atoms with van der Waals surface area (Å²) in [4.78, 5) is 5.00. The first kappa shape index (κ1) is 16.8. The lowest BCUT2D eigenvalue weighted by molar-refractivity contribution is -0.858. The molecule has 0 atom stereocenters. The maximum absolute atomic E-state index is 9.63. The topological polar surface area (TPSA) is 54.4 Å². The van der Waals surface area contributed by atoms with E-state index in [4.69, 9.17) is 0 Å². The highest BCUT2D eigenvalue weighted by atomic mass is 15.1. The molecule has 4 heteroatoms. The zero-order valence-corrected chi connectivity index (χ0v) is 14.3. The molecular weight excluding hydrogens is 272 g/mol. The van der Waals surface area contributed by atoms with Gasteiger partial charge in [0.15, 0.2) is 0 Å². The highest BCUT2D eigenvalue weighted by molar-refractivity contribution is 5.56. The number of hydrogen-bond acceptors (Lipinski definition) is 2. The third kappa shape index (κ3) is 3.98. The van der Waals surface area contributed by atoms with Crippen LogP contribution in [0.3, 0.4) is 0 Å². The molecule has 3 N–H and O–H groups in total. The second-order valence-corrected chi connectivity index (χ2v) is 6.62. The van der Waals surface area contributed by atoms with Gasteiger partial charge in [0.05, 0.1) is 27.2 Å². The predicted octanol–water partition coefficient (Wildman–Crippen LogP) is 1.15. The molecule has 120 valence electrons. The van der Waals surface area contributed by atoms with Crippen molar-refractivity contribution in [3.05, 3.63) is 22.4 Å². The van der Waals surface area contributed by atoms with Gasteiger partial charge in [-0.25, -0.2) is 4.98 Å². The fourth-order valence-electron chi connectivity index (χ4n) is 3.33. The van der Waals surface area contributed by atoms with Crippen LogP contribution in [-0.2, 0) is 19.3 Å². The van der Waals surface area contributed by atoms with Crippen molar-refractivity contribution >= 4 is 5.82 Å². The summed E-state index contributed by atoms with van der Waals surface area (Å²) in [6, 6.07) is 2.44. The zero-order chi connectivity index (χ0) is 15.9. The molecule has 0 amide bonds. The van der Waals surface area contributed by atoms with Gasteiger partial charge in [-0.1, -0.05) is 6.92 Å². The molecule has 1 heterocycles. The van der Waals surface area contributed by atoms with Crippen LogP contribution < -0.4 is 15.2 Å². The molecule has 0 aromatic carbocycles. The standard InChI is InChI=1S/C18H28N4/c1-4-8-17-15-10-6-5-9-14(15)16(13-19)18(21-17)20-11-7-12-22(2)3/h4-12H2,1-3H3,(H,20,21)/p+2. The van der Waals surface area contributed by atoms with Gasteiger partial charge in [-0.3, -0.25) is 5.32 Å². The molecule has 0 saturated heterocycles. The van der Waals surface area contributed by atoms with Crippen LogP contribution in [0.1, 0.15) is 55.0 Å². The molecule has 0 fully saturated rings. The van der Waals surface area contributed by atoms with Gasteiger partial charge >= 0.3 is 0 Å². The normalized spacial score (nSPS) is 13.8. The summed E-state index contributed by atoms with van der Waals surface area (Å²) in [6.07, 6.45) is 7.96. The number of nitrogens with zero attached hydrogens (tertiary/aromatic N) is 1. The highest BCUT2D eigenvalue weighted by Gasteiger charge is 2.24. The lowest BCUT2D eigenvalue weighted by Gasteiger charge is -2.19. The second-order valence-electron chi connectivity index (χ2n) is 6.62. The summed E-state index contributed by atoms with van der Waals surface area (Å²) in [5.41, 5.74) is 4.92. The summed E-state index contributed by atoms with van der Waals surface area (Å²) in [5, 5.41) is 13.1. The molecule has 4 nitrogen and oxygen atoms in total. The lowest BCUT2D eigenvalue weighted by Crippen LogP contribution is -3.05. The van der Waals surface area contributed by atoms with E-state index < -0.39 is 0 Å². The van der Waals surface area contributed by atoms with E-state index in [1.807, 2.05) is 0 Å². The van der Waals surface area contributed by atoms with Crippen LogP contribution in [0, 0.1) is 11.3 Å². The zero-order valence-electron chi connectivity index (χ0n) is 14.3. The summed E-state index contributed by atoms with van der Waals surface area (Å²) >= 11 is 0. The van der Waals surface area contributed by atoms with Crippen LogP contribution in [0.2, 0.25) is 0 Å². The van der Waals surface area contributed by atoms with Crippen molar-refractivity contribution < 1.29 is 9.88 Å². The Balaban J connectivity index is 2.24. The van der Waals surface area contributed by atoms with Crippen LogP contribution in [0.15, 0.2) is 0 Å². The van der Waals surface area contributed by atoms with Crippen molar-refractivity contribution in [2.45, 2.75) is 51.9 Å². The minimum atomic E-state index is 0.853. The molecule has 0 unspecified atom stereocenters. The lowest BCUT2D eigenvalue weighted by atomic mass is 9.87. The van der Waals surface area contributed by atoms with E-state index in [0.29, 0.717) is 0 Å². The largest absolute Gasteiger partial charge is 0.340 e. The maximum Gasteiger partial charge on any atom is 0.290 e. The Morgan fingerprint density at radius 3 is 2.59 bits per heavy atom. The second kappa shape index (κ2) is 8.14. The highest BCUT2D eigenvalue weighted by Crippen LogP contribution is 2.28. The minimum absolute atomic E-state index is 0.853. The van der Waals surface area contributed by atoms with Crippen LogP contribution in [-0.4, -0.2) is 27.2 Å². The summed E-state index contributed by atoms with van der Waals surface area (Å²) in [7, 11) is 4.34. The van der Waals surface area contributed by atoms with Crippen LogP contribution in [0.4, 0.5) is 5.82 Å². The fraction of sp³-hybridized carbons (Fsp3) is 0.667. The van der Waals surface area contributed by atoms with Crippen molar-refractivity contribution in [3.8, 4) is 6.07 Å². The summed E-state index contributed by atoms with van der Waals surface area (Å²) < 4.78 is 0. The molecule has 22 heavy (non-hydrogen) atoms. The van der Waals surface area contributed by atoms with E-state index in [9.17, 15) is 5.26 Å². The van der Waals surface area contributed by atoms with Crippen molar-refractivity contribution in [3.63, 3.8) is 0 Å². The Kier molecular flexibility index (Phi) is 6.21. The van der Waals surface area contributed by atoms with Crippen molar-refractivity contribution in [2.24, 2.45) is 0 Å². The third-order valence-corrected chi connectivity index (χ3v) is 4.43. The number of hydrogen-bond donors (Lipinski definition) is 2. The van der Waals surface area contributed by atoms with Crippen molar-refractivity contribution in [2.75, 3.05) is 32.5 Å². The van der Waals surface area contributed by atoms with Gasteiger partial charge in [0.1, 0.15) is 17.3 Å². The number of fused-ring (bicyclic) bond motifs is 1. The van der Waals surface area contributed by atoms with Gasteiger partial charge in [-0.05, 0) is 43.2 Å². The van der Waals surface area contributed by atoms with Gasteiger partial charge < -0.3 is 4.90 Å². The number of pyridine rings is 1. The number of aromatic amines is 1. The van der Waals surface area contributed by atoms with Crippen LogP contribution >= 0.6 is 0 Å². The van der Waals surface area contributed by atoms with Gasteiger partial charge in [-0.15, -0.1) is 0 Å². The number of H-pyrrole nitrogens is 1. The summed E-state index contributed by atoms with van der Waals surface area (Å²) in [6.45, 7) is 4.27. The van der Waals surface area contributed by atoms with E-state index >= 15 is 0 Å². The van der Waals surface area contributed by atoms with E-state index in [0.717, 1.165) is 56.6 Å². The van der Waals surface area contributed by atoms with Crippen molar-refractivity contribution in [1.82, 2.24) is 0 Å². The first-order valence-electron chi connectivity index (χ1n) is 8.70. The number of anilines is 1. The van der Waals surface area contributed by atoms with Crippen LogP contribution in [0.25, 0.3) is 0 Å². The smallest absolute Gasteiger partial charge is 0.290 e. The van der Waals surface area contributed by atoms with Gasteiger partial charge in [0.25, 0.3) is 5.82 Å². The fourth-order valence-corrected chi connectivity index (χ4v) is 3.33. The number of nitriles is 1. The van der Waals surface area contributed by atoms with Gasteiger partial charge in [-0.2, -0.15) is 5.26 Å². The first-order valence-corrected chi connectivity index (χ1v) is 8.70. The van der Waals surface area contributed by atoms with E-state index in [-0.39, 0.29) is 0 Å². The van der Waals surface area contributed by atoms with Crippen LogP contribution in [0.5, 0.6) is 0 Å². The number of nitrogens with one attached hydrogen (secondary N) is 3. The Morgan fingerprint density at radius 2 is 1.95 bits per heavy atom. The Labute approximate surface area is 134 Å². The third-order valence-electron chi connectivity index (χ3n) is 4.43. The van der Waals surface area contributed by atoms with Crippen molar-refractivity contribution in [1.29, 1.82) is 5.26 Å². The number of aromatic nitrogens is 1. The van der Waals surface area contributed by atoms with E-state index in [2.05, 4.69) is 37.4 Å². The van der Waals surface area contributed by atoms with Gasteiger partial charge in [0.2, 0.25) is 0 Å². The number of quaternary nitrogens is 1. The average Bonchev–Trinajstić information content (AvgIpc) is 2.52. The average molecular weight is 302 g/mol. The number of aryl methyl sites for hydroxylation is 1. The molecule has 0 aliphatic heterocycles. The molecule has 1 aliphatic rings. The molecule has 1 aliphatic carbocycles. The quantitative estimate of drug-likeness (QED) is 0.743. The van der Waals surface area contributed by atoms with E-state index in [1.165, 1.54) is 34.6 Å². The molecule has 1 aromatic heterocycles. The molecule has 0 spiro atoms. The molecule has 0 radical (unpaired) electrons. The first-order chi connectivity index (χ1) is 10.7. The van der Waals surface area contributed by atoms with Gasteiger partial charge in [0, 0.05) is 12.8 Å². The summed E-state index contributed by atoms with van der Waals surface area (Å²) in [5.74, 6) is 0.945. The molecule has 1 aromatic rings. The Hall–Kier alpha value is -1.60. The Bertz CT molecular complexity index is 543.